The Morgan fingerprint density at radius 1 is 1.30 bits per heavy atom. The van der Waals surface area contributed by atoms with Crippen molar-refractivity contribution in [2.45, 2.75) is 49.5 Å². The van der Waals surface area contributed by atoms with Crippen molar-refractivity contribution in [2.75, 3.05) is 5.32 Å². The molecule has 1 aliphatic carbocycles. The van der Waals surface area contributed by atoms with Crippen LogP contribution in [0.15, 0.2) is 24.3 Å². The summed E-state index contributed by atoms with van der Waals surface area (Å²) >= 11 is 1.79. The van der Waals surface area contributed by atoms with E-state index in [9.17, 15) is 4.79 Å². The van der Waals surface area contributed by atoms with Crippen molar-refractivity contribution >= 4 is 23.4 Å². The summed E-state index contributed by atoms with van der Waals surface area (Å²) in [7, 11) is 0. The Bertz CT molecular complexity index is 486. The average molecular weight is 288 g/mol. The van der Waals surface area contributed by atoms with Crippen molar-refractivity contribution in [2.24, 2.45) is 0 Å². The summed E-state index contributed by atoms with van der Waals surface area (Å²) < 4.78 is 0. The van der Waals surface area contributed by atoms with Crippen LogP contribution >= 0.6 is 11.8 Å². The molecule has 2 rings (SSSR count). The second-order valence-corrected chi connectivity index (χ2v) is 6.86. The van der Waals surface area contributed by atoms with E-state index >= 15 is 0 Å². The van der Waals surface area contributed by atoms with Gasteiger partial charge in [0.1, 0.15) is 0 Å². The quantitative estimate of drug-likeness (QED) is 0.912. The van der Waals surface area contributed by atoms with Gasteiger partial charge in [0.2, 0.25) is 5.91 Å². The van der Waals surface area contributed by atoms with Gasteiger partial charge < -0.3 is 5.32 Å². The van der Waals surface area contributed by atoms with Crippen molar-refractivity contribution in [1.29, 1.82) is 5.26 Å². The zero-order chi connectivity index (χ0) is 14.4. The normalized spacial score (nSPS) is 17.2. The van der Waals surface area contributed by atoms with Crippen LogP contribution in [-0.4, -0.2) is 16.4 Å². The van der Waals surface area contributed by atoms with Gasteiger partial charge >= 0.3 is 0 Å². The van der Waals surface area contributed by atoms with Crippen LogP contribution in [0.25, 0.3) is 0 Å². The molecule has 106 valence electrons. The number of nitrogens with zero attached hydrogens (tertiary/aromatic N) is 1. The number of nitriles is 1. The van der Waals surface area contributed by atoms with Gasteiger partial charge in [-0.05, 0) is 44.0 Å². The molecule has 20 heavy (non-hydrogen) atoms. The molecule has 1 aliphatic rings. The number of nitrogens with one attached hydrogen (secondary N) is 1. The number of carbonyl (C=O) groups is 1. The maximum atomic E-state index is 12.1. The molecule has 0 radical (unpaired) electrons. The number of carbonyl (C=O) groups excluding carboxylic acids is 1. The first-order valence-electron chi connectivity index (χ1n) is 7.15. The standard InChI is InChI=1S/C16H20N2OS/c1-12(20-15-5-3-2-4-6-15)16(19)18-14-9-7-13(11-17)8-10-14/h7-10,12,15H,2-6H2,1H3,(H,18,19). The first-order chi connectivity index (χ1) is 9.69. The fourth-order valence-corrected chi connectivity index (χ4v) is 3.79. The van der Waals surface area contributed by atoms with Gasteiger partial charge in [0.25, 0.3) is 0 Å². The van der Waals surface area contributed by atoms with Gasteiger partial charge in [-0.3, -0.25) is 4.79 Å². The van der Waals surface area contributed by atoms with Crippen LogP contribution in [0.3, 0.4) is 0 Å². The highest BCUT2D eigenvalue weighted by Crippen LogP contribution is 2.31. The lowest BCUT2D eigenvalue weighted by Gasteiger charge is -2.23. The predicted molar refractivity (Wildman–Crippen MR) is 83.7 cm³/mol. The van der Waals surface area contributed by atoms with Crippen molar-refractivity contribution in [3.63, 3.8) is 0 Å². The van der Waals surface area contributed by atoms with Gasteiger partial charge in [-0.1, -0.05) is 19.3 Å². The number of anilines is 1. The molecule has 0 heterocycles. The Kier molecular flexibility index (Phi) is 5.49. The molecule has 0 spiro atoms. The van der Waals surface area contributed by atoms with E-state index in [1.807, 2.05) is 6.92 Å². The number of hydrogen-bond acceptors (Lipinski definition) is 3. The molecule has 1 aromatic carbocycles. The van der Waals surface area contributed by atoms with Crippen molar-refractivity contribution in [3.05, 3.63) is 29.8 Å². The molecule has 1 amide bonds. The van der Waals surface area contributed by atoms with Crippen LogP contribution in [-0.2, 0) is 4.79 Å². The third kappa shape index (κ3) is 4.28. The van der Waals surface area contributed by atoms with E-state index in [1.54, 1.807) is 36.0 Å². The largest absolute Gasteiger partial charge is 0.325 e. The topological polar surface area (TPSA) is 52.9 Å². The Hall–Kier alpha value is -1.47. The van der Waals surface area contributed by atoms with Crippen LogP contribution < -0.4 is 5.32 Å². The lowest BCUT2D eigenvalue weighted by Crippen LogP contribution is -2.25. The molecule has 1 fully saturated rings. The maximum Gasteiger partial charge on any atom is 0.237 e. The Morgan fingerprint density at radius 3 is 2.55 bits per heavy atom. The van der Waals surface area contributed by atoms with Crippen LogP contribution in [0.4, 0.5) is 5.69 Å². The van der Waals surface area contributed by atoms with Crippen molar-refractivity contribution < 1.29 is 4.79 Å². The smallest absolute Gasteiger partial charge is 0.237 e. The highest BCUT2D eigenvalue weighted by Gasteiger charge is 2.21. The fourth-order valence-electron chi connectivity index (χ4n) is 2.42. The van der Waals surface area contributed by atoms with Gasteiger partial charge in [0.05, 0.1) is 16.9 Å². The van der Waals surface area contributed by atoms with E-state index in [2.05, 4.69) is 11.4 Å². The summed E-state index contributed by atoms with van der Waals surface area (Å²) in [6, 6.07) is 9.05. The number of rotatable bonds is 4. The Labute approximate surface area is 124 Å². The summed E-state index contributed by atoms with van der Waals surface area (Å²) in [4.78, 5) is 12.1. The minimum atomic E-state index is -0.0336. The van der Waals surface area contributed by atoms with E-state index in [-0.39, 0.29) is 11.2 Å². The van der Waals surface area contributed by atoms with E-state index < -0.39 is 0 Å². The molecule has 0 saturated heterocycles. The highest BCUT2D eigenvalue weighted by molar-refractivity contribution is 8.01. The molecule has 1 N–H and O–H groups in total. The average Bonchev–Trinajstić information content (AvgIpc) is 2.49. The van der Waals surface area contributed by atoms with Crippen LogP contribution in [0.2, 0.25) is 0 Å². The molecular formula is C16H20N2OS. The first-order valence-corrected chi connectivity index (χ1v) is 8.10. The highest BCUT2D eigenvalue weighted by atomic mass is 32.2. The van der Waals surface area contributed by atoms with E-state index in [1.165, 1.54) is 32.1 Å². The molecule has 4 heteroatoms. The summed E-state index contributed by atoms with van der Waals surface area (Å²) in [5.41, 5.74) is 1.36. The van der Waals surface area contributed by atoms with Crippen LogP contribution in [0, 0.1) is 11.3 Å². The molecule has 0 aliphatic heterocycles. The Morgan fingerprint density at radius 2 is 1.95 bits per heavy atom. The number of hydrogen-bond donors (Lipinski definition) is 1. The number of thioether (sulfide) groups is 1. The zero-order valence-corrected chi connectivity index (χ0v) is 12.6. The van der Waals surface area contributed by atoms with Crippen molar-refractivity contribution in [1.82, 2.24) is 0 Å². The molecule has 1 saturated carbocycles. The molecule has 1 unspecified atom stereocenters. The molecule has 0 aromatic heterocycles. The zero-order valence-electron chi connectivity index (χ0n) is 11.8. The minimum absolute atomic E-state index is 0.0336. The second-order valence-electron chi connectivity index (χ2n) is 5.22. The molecular weight excluding hydrogens is 268 g/mol. The van der Waals surface area contributed by atoms with Crippen molar-refractivity contribution in [3.8, 4) is 6.07 Å². The minimum Gasteiger partial charge on any atom is -0.325 e. The lowest BCUT2D eigenvalue weighted by molar-refractivity contribution is -0.115. The van der Waals surface area contributed by atoms with E-state index in [4.69, 9.17) is 5.26 Å². The molecule has 0 bridgehead atoms. The molecule has 1 atom stereocenters. The van der Waals surface area contributed by atoms with Gasteiger partial charge in [0, 0.05) is 10.9 Å². The third-order valence-electron chi connectivity index (χ3n) is 3.60. The fraction of sp³-hybridized carbons (Fsp3) is 0.500. The maximum absolute atomic E-state index is 12.1. The summed E-state index contributed by atoms with van der Waals surface area (Å²) in [5, 5.41) is 12.3. The van der Waals surface area contributed by atoms with Gasteiger partial charge in [0.15, 0.2) is 0 Å². The SMILES string of the molecule is CC(SC1CCCCC1)C(=O)Nc1ccc(C#N)cc1. The number of benzene rings is 1. The third-order valence-corrected chi connectivity index (χ3v) is 5.08. The monoisotopic (exact) mass is 288 g/mol. The van der Waals surface area contributed by atoms with Gasteiger partial charge in [-0.25, -0.2) is 0 Å². The summed E-state index contributed by atoms with van der Waals surface area (Å²) in [5.74, 6) is 0.0466. The van der Waals surface area contributed by atoms with Crippen LogP contribution in [0.1, 0.15) is 44.6 Å². The van der Waals surface area contributed by atoms with Crippen LogP contribution in [0.5, 0.6) is 0 Å². The Balaban J connectivity index is 1.85. The van der Waals surface area contributed by atoms with E-state index in [0.29, 0.717) is 10.8 Å². The second kappa shape index (κ2) is 7.35. The van der Waals surface area contributed by atoms with E-state index in [0.717, 1.165) is 5.69 Å². The van der Waals surface area contributed by atoms with Gasteiger partial charge in [-0.2, -0.15) is 5.26 Å². The summed E-state index contributed by atoms with van der Waals surface area (Å²) in [6.07, 6.45) is 6.39. The van der Waals surface area contributed by atoms with Gasteiger partial charge in [-0.15, -0.1) is 11.8 Å². The number of amides is 1. The summed E-state index contributed by atoms with van der Waals surface area (Å²) in [6.45, 7) is 1.97. The molecule has 3 nitrogen and oxygen atoms in total. The lowest BCUT2D eigenvalue weighted by atomic mass is 10.0. The molecule has 1 aromatic rings. The predicted octanol–water partition coefficient (Wildman–Crippen LogP) is 3.95. The first kappa shape index (κ1) is 14.9.